The zero-order chi connectivity index (χ0) is 19.2. The van der Waals surface area contributed by atoms with Gasteiger partial charge in [0.2, 0.25) is 0 Å². The highest BCUT2D eigenvalue weighted by Gasteiger charge is 2.11. The number of tetrazole rings is 1. The number of nitrogens with zero attached hydrogens (tertiary/aromatic N) is 4. The molecule has 0 fully saturated rings. The van der Waals surface area contributed by atoms with E-state index in [-0.39, 0.29) is 6.54 Å². The van der Waals surface area contributed by atoms with Crippen LogP contribution in [0, 0.1) is 0 Å². The minimum atomic E-state index is -0.822. The van der Waals surface area contributed by atoms with E-state index in [0.717, 1.165) is 5.56 Å². The van der Waals surface area contributed by atoms with E-state index in [1.807, 2.05) is 6.07 Å². The minimum Gasteiger partial charge on any atom is -0.497 e. The first-order valence-electron chi connectivity index (χ1n) is 8.26. The van der Waals surface area contributed by atoms with Crippen molar-refractivity contribution in [1.29, 1.82) is 0 Å². The molecule has 9 heteroatoms. The number of methoxy groups -OCH3 is 1. The van der Waals surface area contributed by atoms with Crippen molar-refractivity contribution in [1.82, 2.24) is 25.5 Å². The summed E-state index contributed by atoms with van der Waals surface area (Å²) in [7, 11) is 3.32. The van der Waals surface area contributed by atoms with Crippen LogP contribution >= 0.6 is 0 Å². The molecule has 9 nitrogen and oxygen atoms in total. The Morgan fingerprint density at radius 3 is 2.70 bits per heavy atom. The van der Waals surface area contributed by atoms with Crippen LogP contribution in [0.5, 0.6) is 5.75 Å². The molecule has 1 aromatic heterocycles. The first-order valence-corrected chi connectivity index (χ1v) is 8.26. The van der Waals surface area contributed by atoms with Gasteiger partial charge in [-0.05, 0) is 40.3 Å². The number of carbonyl (C=O) groups excluding carboxylic acids is 1. The van der Waals surface area contributed by atoms with Gasteiger partial charge >= 0.3 is 6.03 Å². The molecule has 0 saturated carbocycles. The molecule has 0 spiro atoms. The zero-order valence-corrected chi connectivity index (χ0v) is 15.0. The number of carbonyl (C=O) groups is 1. The average Bonchev–Trinajstić information content (AvgIpc) is 3.12. The fourth-order valence-corrected chi connectivity index (χ4v) is 2.52. The summed E-state index contributed by atoms with van der Waals surface area (Å²) in [6.07, 6.45) is -0.822. The van der Waals surface area contributed by atoms with Gasteiger partial charge in [-0.2, -0.15) is 0 Å². The predicted molar refractivity (Wildman–Crippen MR) is 99.2 cm³/mol. The second kappa shape index (κ2) is 8.28. The number of hydrogen-bond acceptors (Lipinski definition) is 6. The predicted octanol–water partition coefficient (Wildman–Crippen LogP) is 1.74. The summed E-state index contributed by atoms with van der Waals surface area (Å²) < 4.78 is 6.63. The smallest absolute Gasteiger partial charge is 0.319 e. The van der Waals surface area contributed by atoms with Crippen LogP contribution in [0.1, 0.15) is 11.7 Å². The molecule has 1 unspecified atom stereocenters. The van der Waals surface area contributed by atoms with Gasteiger partial charge in [-0.3, -0.25) is 0 Å². The van der Waals surface area contributed by atoms with Gasteiger partial charge in [-0.1, -0.05) is 24.3 Å². The number of benzene rings is 2. The average molecular weight is 368 g/mol. The molecule has 27 heavy (non-hydrogen) atoms. The summed E-state index contributed by atoms with van der Waals surface area (Å²) in [5.74, 6) is 1.30. The van der Waals surface area contributed by atoms with Crippen LogP contribution in [0.4, 0.5) is 10.5 Å². The molecule has 1 atom stereocenters. The standard InChI is InChI=1S/C18H20N6O3/c1-24-17(21-22-23-24)13-4-3-5-14(10-13)20-18(26)19-11-16(25)12-6-8-15(27-2)9-7-12/h3-10,16,25H,11H2,1-2H3,(H2,19,20,26). The molecule has 2 amide bonds. The Morgan fingerprint density at radius 2 is 2.04 bits per heavy atom. The maximum Gasteiger partial charge on any atom is 0.319 e. The van der Waals surface area contributed by atoms with Crippen molar-refractivity contribution in [3.8, 4) is 17.1 Å². The number of rotatable bonds is 6. The van der Waals surface area contributed by atoms with Crippen molar-refractivity contribution in [2.24, 2.45) is 7.05 Å². The maximum absolute atomic E-state index is 12.1. The number of ether oxygens (including phenoxy) is 1. The Balaban J connectivity index is 1.57. The van der Waals surface area contributed by atoms with Crippen molar-refractivity contribution < 1.29 is 14.6 Å². The number of aryl methyl sites for hydroxylation is 1. The largest absolute Gasteiger partial charge is 0.497 e. The molecule has 0 aliphatic carbocycles. The van der Waals surface area contributed by atoms with Crippen LogP contribution < -0.4 is 15.4 Å². The van der Waals surface area contributed by atoms with Gasteiger partial charge in [0.05, 0.1) is 13.2 Å². The quantitative estimate of drug-likeness (QED) is 0.611. The van der Waals surface area contributed by atoms with Gasteiger partial charge in [-0.25, -0.2) is 9.48 Å². The molecule has 1 heterocycles. The van der Waals surface area contributed by atoms with Gasteiger partial charge in [0.1, 0.15) is 5.75 Å². The van der Waals surface area contributed by atoms with E-state index >= 15 is 0 Å². The van der Waals surface area contributed by atoms with Crippen molar-refractivity contribution in [3.63, 3.8) is 0 Å². The summed E-state index contributed by atoms with van der Waals surface area (Å²) in [4.78, 5) is 12.1. The van der Waals surface area contributed by atoms with E-state index in [2.05, 4.69) is 26.2 Å². The number of anilines is 1. The molecular formula is C18H20N6O3. The van der Waals surface area contributed by atoms with Crippen molar-refractivity contribution in [3.05, 3.63) is 54.1 Å². The molecule has 3 N–H and O–H groups in total. The lowest BCUT2D eigenvalue weighted by atomic mass is 10.1. The third-order valence-electron chi connectivity index (χ3n) is 3.96. The number of aromatic nitrogens is 4. The van der Waals surface area contributed by atoms with Crippen LogP contribution in [-0.4, -0.2) is 45.0 Å². The Labute approximate surface area is 156 Å². The topological polar surface area (TPSA) is 114 Å². The van der Waals surface area contributed by atoms with Gasteiger partial charge in [0.25, 0.3) is 0 Å². The van der Waals surface area contributed by atoms with Crippen LogP contribution in [-0.2, 0) is 7.05 Å². The summed E-state index contributed by atoms with van der Waals surface area (Å²) in [5, 5.41) is 26.9. The number of amides is 2. The van der Waals surface area contributed by atoms with E-state index in [4.69, 9.17) is 4.74 Å². The second-order valence-electron chi connectivity index (χ2n) is 5.83. The lowest BCUT2D eigenvalue weighted by Gasteiger charge is -2.13. The van der Waals surface area contributed by atoms with E-state index < -0.39 is 12.1 Å². The summed E-state index contributed by atoms with van der Waals surface area (Å²) in [6.45, 7) is 0.0745. The molecule has 0 bridgehead atoms. The highest BCUT2D eigenvalue weighted by Crippen LogP contribution is 2.20. The van der Waals surface area contributed by atoms with E-state index in [1.54, 1.807) is 61.3 Å². The first kappa shape index (κ1) is 18.3. The number of aliphatic hydroxyl groups is 1. The molecule has 0 aliphatic heterocycles. The van der Waals surface area contributed by atoms with Crippen LogP contribution in [0.15, 0.2) is 48.5 Å². The van der Waals surface area contributed by atoms with Gasteiger partial charge in [-0.15, -0.1) is 5.10 Å². The van der Waals surface area contributed by atoms with Gasteiger partial charge < -0.3 is 20.5 Å². The SMILES string of the molecule is COc1ccc(C(O)CNC(=O)Nc2cccc(-c3nnnn3C)c2)cc1. The Kier molecular flexibility index (Phi) is 5.62. The number of nitrogens with one attached hydrogen (secondary N) is 2. The summed E-state index contributed by atoms with van der Waals surface area (Å²) >= 11 is 0. The molecule has 140 valence electrons. The number of hydrogen-bond donors (Lipinski definition) is 3. The van der Waals surface area contributed by atoms with Crippen LogP contribution in [0.2, 0.25) is 0 Å². The van der Waals surface area contributed by atoms with Gasteiger partial charge in [0, 0.05) is 24.8 Å². The first-order chi connectivity index (χ1) is 13.1. The zero-order valence-electron chi connectivity index (χ0n) is 15.0. The number of urea groups is 1. The molecule has 0 radical (unpaired) electrons. The molecule has 0 saturated heterocycles. The molecule has 2 aromatic carbocycles. The third-order valence-corrected chi connectivity index (χ3v) is 3.96. The normalized spacial score (nSPS) is 11.7. The van der Waals surface area contributed by atoms with Crippen molar-refractivity contribution >= 4 is 11.7 Å². The fraction of sp³-hybridized carbons (Fsp3) is 0.222. The van der Waals surface area contributed by atoms with Crippen LogP contribution in [0.3, 0.4) is 0 Å². The van der Waals surface area contributed by atoms with Crippen molar-refractivity contribution in [2.75, 3.05) is 19.0 Å². The highest BCUT2D eigenvalue weighted by atomic mass is 16.5. The van der Waals surface area contributed by atoms with E-state index in [9.17, 15) is 9.90 Å². The minimum absolute atomic E-state index is 0.0745. The lowest BCUT2D eigenvalue weighted by molar-refractivity contribution is 0.175. The number of aliphatic hydroxyl groups excluding tert-OH is 1. The molecular weight excluding hydrogens is 348 g/mol. The lowest BCUT2D eigenvalue weighted by Crippen LogP contribution is -2.32. The third kappa shape index (κ3) is 4.59. The Bertz CT molecular complexity index is 909. The monoisotopic (exact) mass is 368 g/mol. The van der Waals surface area contributed by atoms with Crippen LogP contribution in [0.25, 0.3) is 11.4 Å². The summed E-state index contributed by atoms with van der Waals surface area (Å²) in [6, 6.07) is 13.8. The molecule has 0 aliphatic rings. The highest BCUT2D eigenvalue weighted by molar-refractivity contribution is 5.89. The van der Waals surface area contributed by atoms with Gasteiger partial charge in [0.15, 0.2) is 5.82 Å². The molecule has 3 rings (SSSR count). The Hall–Kier alpha value is -3.46. The van der Waals surface area contributed by atoms with Crippen molar-refractivity contribution in [2.45, 2.75) is 6.10 Å². The summed E-state index contributed by atoms with van der Waals surface area (Å²) in [5.41, 5.74) is 2.05. The molecule has 3 aromatic rings. The van der Waals surface area contributed by atoms with E-state index in [1.165, 1.54) is 0 Å². The maximum atomic E-state index is 12.1. The van der Waals surface area contributed by atoms with E-state index in [0.29, 0.717) is 22.8 Å². The fourth-order valence-electron chi connectivity index (χ4n) is 2.52. The second-order valence-corrected chi connectivity index (χ2v) is 5.83. The Morgan fingerprint density at radius 1 is 1.26 bits per heavy atom.